The van der Waals surface area contributed by atoms with Crippen molar-refractivity contribution in [1.29, 1.82) is 0 Å². The summed E-state index contributed by atoms with van der Waals surface area (Å²) in [6, 6.07) is 0.156. The second-order valence-electron chi connectivity index (χ2n) is 7.95. The second kappa shape index (κ2) is 7.84. The number of hydrogen-bond acceptors (Lipinski definition) is 3. The largest absolute Gasteiger partial charge is 0.345 e. The Hall–Kier alpha value is -1.52. The summed E-state index contributed by atoms with van der Waals surface area (Å²) in [4.78, 5) is 23.8. The van der Waals surface area contributed by atoms with Crippen LogP contribution in [0.25, 0.3) is 0 Å². The third-order valence-electron chi connectivity index (χ3n) is 5.12. The topological polar surface area (TPSA) is 70.2 Å². The number of carbonyl (C=O) groups is 2. The number of amides is 2. The van der Waals surface area contributed by atoms with E-state index in [0.717, 1.165) is 50.6 Å². The summed E-state index contributed by atoms with van der Waals surface area (Å²) in [7, 11) is 0. The highest BCUT2D eigenvalue weighted by Gasteiger charge is 2.26. The van der Waals surface area contributed by atoms with E-state index in [2.05, 4.69) is 43.0 Å². The quantitative estimate of drug-likeness (QED) is 0.553. The fourth-order valence-corrected chi connectivity index (χ4v) is 3.43. The van der Waals surface area contributed by atoms with Crippen molar-refractivity contribution in [2.24, 2.45) is 11.3 Å². The van der Waals surface area contributed by atoms with Gasteiger partial charge in [-0.3, -0.25) is 15.0 Å². The Bertz CT molecular complexity index is 459. The standard InChI is InChI=1S/C18H31N3O2/c1-18(2,3)13-9-11-15(12-10-13)20-21-17(23)16(22)19-14-7-5-4-6-8-14/h11,13-14,20H,4-10,12H2,1-3H3,(H,19,22)(H,21,23)/t13-/m1/s1. The van der Waals surface area contributed by atoms with Gasteiger partial charge in [0.15, 0.2) is 0 Å². The van der Waals surface area contributed by atoms with E-state index in [9.17, 15) is 9.59 Å². The van der Waals surface area contributed by atoms with Crippen molar-refractivity contribution in [3.05, 3.63) is 11.8 Å². The highest BCUT2D eigenvalue weighted by Crippen LogP contribution is 2.36. The molecule has 2 aliphatic carbocycles. The molecule has 23 heavy (non-hydrogen) atoms. The first-order chi connectivity index (χ1) is 10.9. The molecule has 0 saturated heterocycles. The van der Waals surface area contributed by atoms with Crippen molar-refractivity contribution in [1.82, 2.24) is 16.2 Å². The average Bonchev–Trinajstić information content (AvgIpc) is 2.53. The van der Waals surface area contributed by atoms with E-state index in [-0.39, 0.29) is 6.04 Å². The third-order valence-corrected chi connectivity index (χ3v) is 5.12. The highest BCUT2D eigenvalue weighted by molar-refractivity contribution is 6.35. The van der Waals surface area contributed by atoms with Crippen LogP contribution < -0.4 is 16.2 Å². The van der Waals surface area contributed by atoms with Crippen molar-refractivity contribution >= 4 is 11.8 Å². The van der Waals surface area contributed by atoms with Gasteiger partial charge >= 0.3 is 11.8 Å². The summed E-state index contributed by atoms with van der Waals surface area (Å²) >= 11 is 0. The van der Waals surface area contributed by atoms with Crippen LogP contribution in [0.1, 0.15) is 72.1 Å². The SMILES string of the molecule is CC(C)(C)[C@@H]1CC=C(NNC(=O)C(=O)NC2CCCCC2)CC1. The van der Waals surface area contributed by atoms with Gasteiger partial charge in [-0.2, -0.15) is 0 Å². The highest BCUT2D eigenvalue weighted by atomic mass is 16.2. The Labute approximate surface area is 139 Å². The Morgan fingerprint density at radius 2 is 1.74 bits per heavy atom. The van der Waals surface area contributed by atoms with Gasteiger partial charge in [-0.15, -0.1) is 0 Å². The predicted octanol–water partition coefficient (Wildman–Crippen LogP) is 2.79. The molecule has 0 bridgehead atoms. The maximum atomic E-state index is 11.9. The maximum absolute atomic E-state index is 11.9. The molecule has 0 unspecified atom stereocenters. The Morgan fingerprint density at radius 1 is 1.04 bits per heavy atom. The van der Waals surface area contributed by atoms with Crippen LogP contribution in [-0.4, -0.2) is 17.9 Å². The lowest BCUT2D eigenvalue weighted by Gasteiger charge is -2.33. The molecular weight excluding hydrogens is 290 g/mol. The van der Waals surface area contributed by atoms with Crippen LogP contribution in [0, 0.1) is 11.3 Å². The van der Waals surface area contributed by atoms with E-state index in [4.69, 9.17) is 0 Å². The summed E-state index contributed by atoms with van der Waals surface area (Å²) in [5.41, 5.74) is 6.75. The molecule has 3 N–H and O–H groups in total. The van der Waals surface area contributed by atoms with E-state index in [1.807, 2.05) is 0 Å². The molecule has 5 nitrogen and oxygen atoms in total. The molecule has 1 fully saturated rings. The summed E-state index contributed by atoms with van der Waals surface area (Å²) in [6.45, 7) is 6.80. The van der Waals surface area contributed by atoms with Crippen LogP contribution in [0.4, 0.5) is 0 Å². The van der Waals surface area contributed by atoms with E-state index >= 15 is 0 Å². The molecule has 5 heteroatoms. The number of rotatable bonds is 3. The molecule has 2 amide bonds. The third kappa shape index (κ3) is 5.56. The first-order valence-corrected chi connectivity index (χ1v) is 8.92. The van der Waals surface area contributed by atoms with Gasteiger partial charge in [0.25, 0.3) is 0 Å². The zero-order chi connectivity index (χ0) is 16.9. The van der Waals surface area contributed by atoms with Gasteiger partial charge in [-0.25, -0.2) is 0 Å². The van der Waals surface area contributed by atoms with Crippen LogP contribution in [0.2, 0.25) is 0 Å². The lowest BCUT2D eigenvalue weighted by atomic mass is 9.74. The van der Waals surface area contributed by atoms with Crippen LogP contribution in [0.5, 0.6) is 0 Å². The lowest BCUT2D eigenvalue weighted by Crippen LogP contribution is -2.49. The first kappa shape index (κ1) is 17.8. The van der Waals surface area contributed by atoms with Gasteiger partial charge in [0.1, 0.15) is 0 Å². The van der Waals surface area contributed by atoms with Crippen LogP contribution in [0.3, 0.4) is 0 Å². The van der Waals surface area contributed by atoms with Crippen molar-refractivity contribution in [3.63, 3.8) is 0 Å². The Morgan fingerprint density at radius 3 is 2.30 bits per heavy atom. The number of hydrazine groups is 1. The molecule has 0 heterocycles. The van der Waals surface area contributed by atoms with E-state index in [1.54, 1.807) is 0 Å². The molecular formula is C18H31N3O2. The zero-order valence-electron chi connectivity index (χ0n) is 14.7. The molecule has 0 spiro atoms. The molecule has 1 saturated carbocycles. The molecule has 0 radical (unpaired) electrons. The van der Waals surface area contributed by atoms with Gasteiger partial charge < -0.3 is 10.7 Å². The number of hydrogen-bond donors (Lipinski definition) is 3. The molecule has 0 aromatic carbocycles. The molecule has 2 rings (SSSR count). The first-order valence-electron chi connectivity index (χ1n) is 8.92. The molecule has 0 aliphatic heterocycles. The van der Waals surface area contributed by atoms with Crippen molar-refractivity contribution in [2.45, 2.75) is 78.2 Å². The van der Waals surface area contributed by atoms with Gasteiger partial charge in [0, 0.05) is 11.7 Å². The monoisotopic (exact) mass is 321 g/mol. The smallest absolute Gasteiger partial charge is 0.327 e. The second-order valence-corrected chi connectivity index (χ2v) is 7.95. The zero-order valence-corrected chi connectivity index (χ0v) is 14.7. The van der Waals surface area contributed by atoms with Crippen LogP contribution in [-0.2, 0) is 9.59 Å². The maximum Gasteiger partial charge on any atom is 0.327 e. The Balaban J connectivity index is 1.72. The number of carbonyl (C=O) groups excluding carboxylic acids is 2. The summed E-state index contributed by atoms with van der Waals surface area (Å²) in [5.74, 6) is -0.471. The van der Waals surface area contributed by atoms with Crippen LogP contribution >= 0.6 is 0 Å². The minimum Gasteiger partial charge on any atom is -0.345 e. The van der Waals surface area contributed by atoms with E-state index in [1.165, 1.54) is 6.42 Å². The number of allylic oxidation sites excluding steroid dienone is 2. The van der Waals surface area contributed by atoms with Gasteiger partial charge in [-0.05, 0) is 43.4 Å². The molecule has 2 aliphatic rings. The molecule has 130 valence electrons. The summed E-state index contributed by atoms with van der Waals surface area (Å²) in [5, 5.41) is 2.82. The van der Waals surface area contributed by atoms with Gasteiger partial charge in [0.2, 0.25) is 0 Å². The molecule has 0 aromatic heterocycles. The average molecular weight is 321 g/mol. The van der Waals surface area contributed by atoms with Gasteiger partial charge in [0.05, 0.1) is 0 Å². The van der Waals surface area contributed by atoms with Crippen LogP contribution in [0.15, 0.2) is 11.8 Å². The summed E-state index contributed by atoms with van der Waals surface area (Å²) < 4.78 is 0. The predicted molar refractivity (Wildman–Crippen MR) is 91.2 cm³/mol. The fraction of sp³-hybridized carbons (Fsp3) is 0.778. The Kier molecular flexibility index (Phi) is 6.08. The minimum atomic E-state index is -0.602. The summed E-state index contributed by atoms with van der Waals surface area (Å²) in [6.07, 6.45) is 10.6. The van der Waals surface area contributed by atoms with E-state index < -0.39 is 11.8 Å². The molecule has 0 aromatic rings. The number of nitrogens with one attached hydrogen (secondary N) is 3. The van der Waals surface area contributed by atoms with Gasteiger partial charge in [-0.1, -0.05) is 46.1 Å². The fourth-order valence-electron chi connectivity index (χ4n) is 3.43. The van der Waals surface area contributed by atoms with E-state index in [0.29, 0.717) is 11.3 Å². The van der Waals surface area contributed by atoms with Crippen molar-refractivity contribution < 1.29 is 9.59 Å². The minimum absolute atomic E-state index is 0.156. The molecule has 1 atom stereocenters. The normalized spacial score (nSPS) is 22.9. The van der Waals surface area contributed by atoms with Crippen molar-refractivity contribution in [2.75, 3.05) is 0 Å². The van der Waals surface area contributed by atoms with Crippen molar-refractivity contribution in [3.8, 4) is 0 Å². The lowest BCUT2D eigenvalue weighted by molar-refractivity contribution is -0.140.